The van der Waals surface area contributed by atoms with Gasteiger partial charge >= 0.3 is 0 Å². The summed E-state index contributed by atoms with van der Waals surface area (Å²) in [5.41, 5.74) is 3.21. The zero-order chi connectivity index (χ0) is 36.5. The standard InChI is InChI=1S/C42H51F3N4OSSi/c1-30-24-35-34-18-11-12-19-36(34)47-39(35)40(37-26-46-38(51-37)25-31-20-23-48(27-31)22-13-21-43)49(30)28-42(44,45)29-50-52(41(2,3)4,32-14-7-5-8-15-32)33-16-9-6-10-17-33/h5-12,14-19,26,30-31,40,47H,13,20-25,27-29H2,1-4H3/t30-,31+,40-/m1/s1. The molecule has 1 saturated heterocycles. The number of aromatic amines is 1. The van der Waals surface area contributed by atoms with E-state index in [4.69, 9.17) is 9.41 Å². The van der Waals surface area contributed by atoms with E-state index in [-0.39, 0.29) is 18.8 Å². The van der Waals surface area contributed by atoms with Crippen LogP contribution in [0.4, 0.5) is 13.2 Å². The quantitative estimate of drug-likeness (QED) is 0.123. The average Bonchev–Trinajstić information content (AvgIpc) is 3.87. The van der Waals surface area contributed by atoms with Crippen LogP contribution in [0.5, 0.6) is 0 Å². The summed E-state index contributed by atoms with van der Waals surface area (Å²) in [6.07, 6.45) is 5.07. The van der Waals surface area contributed by atoms with Crippen molar-refractivity contribution < 1.29 is 17.6 Å². The molecule has 2 aliphatic heterocycles. The number of halogens is 3. The van der Waals surface area contributed by atoms with Gasteiger partial charge in [-0.1, -0.05) is 99.6 Å². The normalized spacial score (nSPS) is 20.5. The first-order valence-corrected chi connectivity index (χ1v) is 21.4. The number of nitrogens with one attached hydrogen (secondary N) is 1. The largest absolute Gasteiger partial charge is 0.401 e. The molecule has 0 spiro atoms. The zero-order valence-corrected chi connectivity index (χ0v) is 32.6. The third-order valence-electron chi connectivity index (χ3n) is 11.1. The maximum absolute atomic E-state index is 16.8. The molecule has 1 fully saturated rings. The molecule has 5 aromatic rings. The maximum Gasteiger partial charge on any atom is 0.282 e. The van der Waals surface area contributed by atoms with Crippen LogP contribution in [0.2, 0.25) is 5.04 Å². The fourth-order valence-electron chi connectivity index (χ4n) is 8.71. The molecule has 0 aliphatic carbocycles. The van der Waals surface area contributed by atoms with E-state index in [1.54, 1.807) is 11.3 Å². The third-order valence-corrected chi connectivity index (χ3v) is 17.2. The summed E-state index contributed by atoms with van der Waals surface area (Å²) in [5.74, 6) is -2.67. The smallest absolute Gasteiger partial charge is 0.282 e. The minimum Gasteiger partial charge on any atom is -0.401 e. The molecule has 1 N–H and O–H groups in total. The van der Waals surface area contributed by atoms with Crippen molar-refractivity contribution in [3.05, 3.63) is 112 Å². The van der Waals surface area contributed by atoms with Gasteiger partial charge in [-0.3, -0.25) is 9.29 Å². The van der Waals surface area contributed by atoms with Crippen molar-refractivity contribution in [2.45, 2.75) is 76.4 Å². The Morgan fingerprint density at radius 1 is 0.962 bits per heavy atom. The zero-order valence-electron chi connectivity index (χ0n) is 30.8. The fourth-order valence-corrected chi connectivity index (χ4v) is 14.5. The van der Waals surface area contributed by atoms with Crippen LogP contribution >= 0.6 is 11.3 Å². The van der Waals surface area contributed by atoms with Gasteiger partial charge in [0.2, 0.25) is 0 Å². The molecule has 0 bridgehead atoms. The van der Waals surface area contributed by atoms with E-state index in [2.05, 4.69) is 49.7 Å². The summed E-state index contributed by atoms with van der Waals surface area (Å²) in [7, 11) is -3.16. The minimum absolute atomic E-state index is 0.139. The molecule has 3 atom stereocenters. The molecule has 0 radical (unpaired) electrons. The first-order chi connectivity index (χ1) is 25.0. The summed E-state index contributed by atoms with van der Waals surface area (Å²) >= 11 is 1.65. The first kappa shape index (κ1) is 37.0. The van der Waals surface area contributed by atoms with Crippen LogP contribution in [0.15, 0.2) is 91.1 Å². The van der Waals surface area contributed by atoms with Crippen LogP contribution in [0, 0.1) is 5.92 Å². The predicted octanol–water partition coefficient (Wildman–Crippen LogP) is 8.40. The molecule has 0 unspecified atom stereocenters. The third kappa shape index (κ3) is 7.42. The first-order valence-electron chi connectivity index (χ1n) is 18.7. The number of aromatic nitrogens is 2. The number of alkyl halides is 3. The van der Waals surface area contributed by atoms with Crippen molar-refractivity contribution in [2.24, 2.45) is 5.92 Å². The van der Waals surface area contributed by atoms with Crippen molar-refractivity contribution in [2.75, 3.05) is 39.5 Å². The molecule has 2 aliphatic rings. The Bertz CT molecular complexity index is 1890. The Morgan fingerprint density at radius 2 is 1.63 bits per heavy atom. The monoisotopic (exact) mass is 744 g/mol. The van der Waals surface area contributed by atoms with Crippen molar-refractivity contribution in [3.8, 4) is 0 Å². The van der Waals surface area contributed by atoms with Crippen LogP contribution in [0.25, 0.3) is 10.9 Å². The molecule has 5 nitrogen and oxygen atoms in total. The number of para-hydroxylation sites is 1. The summed E-state index contributed by atoms with van der Waals surface area (Å²) in [5, 5.41) is 3.75. The van der Waals surface area contributed by atoms with E-state index in [1.165, 1.54) is 5.56 Å². The molecule has 276 valence electrons. The Kier molecular flexibility index (Phi) is 10.8. The lowest BCUT2D eigenvalue weighted by molar-refractivity contribution is -0.0818. The molecule has 7 rings (SSSR count). The number of nitrogens with zero attached hydrogens (tertiary/aromatic N) is 3. The number of thiazole rings is 1. The second kappa shape index (κ2) is 15.2. The fraction of sp³-hybridized carbons (Fsp3) is 0.452. The molecule has 0 amide bonds. The van der Waals surface area contributed by atoms with Crippen molar-refractivity contribution in [3.63, 3.8) is 0 Å². The van der Waals surface area contributed by atoms with E-state index in [1.807, 2.05) is 83.9 Å². The van der Waals surface area contributed by atoms with Crippen LogP contribution in [-0.4, -0.2) is 79.5 Å². The van der Waals surface area contributed by atoms with Crippen LogP contribution in [0.1, 0.15) is 67.7 Å². The maximum atomic E-state index is 16.8. The molecular weight excluding hydrogens is 694 g/mol. The van der Waals surface area contributed by atoms with E-state index >= 15 is 8.78 Å². The van der Waals surface area contributed by atoms with E-state index < -0.39 is 32.4 Å². The second-order valence-electron chi connectivity index (χ2n) is 15.9. The molecule has 0 saturated carbocycles. The van der Waals surface area contributed by atoms with Gasteiger partial charge in [0.25, 0.3) is 14.2 Å². The molecular formula is C42H51F3N4OSSi. The van der Waals surface area contributed by atoms with E-state index in [0.717, 1.165) is 69.3 Å². The minimum atomic E-state index is -3.16. The Balaban J connectivity index is 1.19. The van der Waals surface area contributed by atoms with Crippen molar-refractivity contribution in [1.82, 2.24) is 19.8 Å². The number of benzene rings is 3. The van der Waals surface area contributed by atoms with Crippen molar-refractivity contribution >= 4 is 40.9 Å². The molecule has 52 heavy (non-hydrogen) atoms. The Morgan fingerprint density at radius 3 is 2.31 bits per heavy atom. The summed E-state index contributed by atoms with van der Waals surface area (Å²) < 4.78 is 53.2. The van der Waals surface area contributed by atoms with Gasteiger partial charge in [-0.05, 0) is 65.7 Å². The number of hydrogen-bond donors (Lipinski definition) is 1. The summed E-state index contributed by atoms with van der Waals surface area (Å²) in [6, 6.07) is 27.7. The average molecular weight is 745 g/mol. The highest BCUT2D eigenvalue weighted by atomic mass is 32.1. The molecule has 10 heteroatoms. The van der Waals surface area contributed by atoms with Gasteiger partial charge in [-0.25, -0.2) is 13.8 Å². The number of H-pyrrole nitrogens is 1. The van der Waals surface area contributed by atoms with E-state index in [0.29, 0.717) is 18.8 Å². The number of fused-ring (bicyclic) bond motifs is 3. The lowest BCUT2D eigenvalue weighted by Gasteiger charge is -2.45. The van der Waals surface area contributed by atoms with Gasteiger partial charge in [-0.15, -0.1) is 11.3 Å². The molecule has 3 aromatic carbocycles. The van der Waals surface area contributed by atoms with Gasteiger partial charge in [0.1, 0.15) is 0 Å². The number of rotatable bonds is 13. The van der Waals surface area contributed by atoms with Crippen LogP contribution < -0.4 is 10.4 Å². The summed E-state index contributed by atoms with van der Waals surface area (Å²) in [4.78, 5) is 13.8. The van der Waals surface area contributed by atoms with Gasteiger partial charge in [-0.2, -0.15) is 0 Å². The molecule has 2 aromatic heterocycles. The number of likely N-dealkylation sites (tertiary alicyclic amines) is 1. The lowest BCUT2D eigenvalue weighted by atomic mass is 9.91. The molecule has 4 heterocycles. The van der Waals surface area contributed by atoms with Gasteiger partial charge in [0.15, 0.2) is 0 Å². The Labute approximate surface area is 311 Å². The number of hydrogen-bond acceptors (Lipinski definition) is 5. The van der Waals surface area contributed by atoms with Crippen molar-refractivity contribution in [1.29, 1.82) is 0 Å². The van der Waals surface area contributed by atoms with E-state index in [9.17, 15) is 4.39 Å². The summed E-state index contributed by atoms with van der Waals surface area (Å²) in [6.45, 7) is 9.75. The predicted molar refractivity (Wildman–Crippen MR) is 209 cm³/mol. The Hall–Kier alpha value is -3.28. The second-order valence-corrected chi connectivity index (χ2v) is 21.3. The van der Waals surface area contributed by atoms with Gasteiger partial charge < -0.3 is 14.3 Å². The SMILES string of the molecule is C[C@@H]1Cc2c([nH]c3ccccc23)[C@@H](c2cnc(C[C@@H]3CCN(CCCF)C3)s2)N1CC(F)(F)CO[Si](c1ccccc1)(c1ccccc1)C(C)(C)C. The lowest BCUT2D eigenvalue weighted by Crippen LogP contribution is -2.67. The highest BCUT2D eigenvalue weighted by Gasteiger charge is 2.52. The van der Waals surface area contributed by atoms with Crippen LogP contribution in [0.3, 0.4) is 0 Å². The topological polar surface area (TPSA) is 44.4 Å². The highest BCUT2D eigenvalue weighted by Crippen LogP contribution is 2.44. The van der Waals surface area contributed by atoms with Crippen LogP contribution in [-0.2, 0) is 17.3 Å². The van der Waals surface area contributed by atoms with Gasteiger partial charge in [0.05, 0.1) is 30.9 Å². The van der Waals surface area contributed by atoms with Gasteiger partial charge in [0, 0.05) is 53.2 Å². The highest BCUT2D eigenvalue weighted by molar-refractivity contribution is 7.11.